The quantitative estimate of drug-likeness (QED) is 0.385. The van der Waals surface area contributed by atoms with Gasteiger partial charge in [0.05, 0.1) is 23.9 Å². The minimum absolute atomic E-state index is 0.0911. The normalized spacial score (nSPS) is 55.6. The van der Waals surface area contributed by atoms with E-state index in [1.165, 1.54) is 0 Å². The molecule has 5 fully saturated rings. The van der Waals surface area contributed by atoms with Crippen LogP contribution in [0.15, 0.2) is 11.6 Å². The fourth-order valence-electron chi connectivity index (χ4n) is 10.0. The highest BCUT2D eigenvalue weighted by Crippen LogP contribution is 2.70. The van der Waals surface area contributed by atoms with Gasteiger partial charge in [0, 0.05) is 23.5 Å². The number of esters is 1. The molecule has 208 valence electrons. The second-order valence-corrected chi connectivity index (χ2v) is 13.9. The van der Waals surface area contributed by atoms with Crippen LogP contribution < -0.4 is 5.73 Å². The zero-order valence-corrected chi connectivity index (χ0v) is 23.0. The number of carbonyl (C=O) groups is 1. The molecule has 4 aliphatic carbocycles. The van der Waals surface area contributed by atoms with E-state index in [0.29, 0.717) is 18.3 Å². The van der Waals surface area contributed by atoms with Crippen molar-refractivity contribution in [3.05, 3.63) is 11.6 Å². The molecule has 7 heteroatoms. The molecule has 1 saturated heterocycles. The molecule has 7 nitrogen and oxygen atoms in total. The Kier molecular flexibility index (Phi) is 6.40. The molecule has 0 spiro atoms. The van der Waals surface area contributed by atoms with Crippen molar-refractivity contribution in [3.63, 3.8) is 0 Å². The molecule has 0 bridgehead atoms. The lowest BCUT2D eigenvalue weighted by Gasteiger charge is -2.63. The lowest BCUT2D eigenvalue weighted by atomic mass is 9.43. The van der Waals surface area contributed by atoms with Gasteiger partial charge >= 0.3 is 5.97 Å². The summed E-state index contributed by atoms with van der Waals surface area (Å²) < 4.78 is 17.8. The Labute approximate surface area is 221 Å². The van der Waals surface area contributed by atoms with Crippen LogP contribution in [0.1, 0.15) is 91.9 Å². The smallest absolute Gasteiger partial charge is 0.334 e. The predicted molar refractivity (Wildman–Crippen MR) is 138 cm³/mol. The van der Waals surface area contributed by atoms with Crippen molar-refractivity contribution < 1.29 is 29.2 Å². The molecular weight excluding hydrogens is 470 g/mol. The first-order chi connectivity index (χ1) is 17.5. The first kappa shape index (κ1) is 26.2. The molecule has 2 aliphatic heterocycles. The Balaban J connectivity index is 1.16. The van der Waals surface area contributed by atoms with Gasteiger partial charge in [-0.2, -0.15) is 0 Å². The number of ether oxygens (including phenoxy) is 3. The molecule has 0 amide bonds. The summed E-state index contributed by atoms with van der Waals surface area (Å²) in [6.45, 7) is 8.52. The third kappa shape index (κ3) is 3.89. The molecule has 6 aliphatic rings. The number of nitrogens with two attached hydrogens (primary N) is 1. The van der Waals surface area contributed by atoms with Gasteiger partial charge in [-0.25, -0.2) is 4.79 Å². The number of rotatable bonds is 3. The second kappa shape index (κ2) is 9.02. The van der Waals surface area contributed by atoms with Gasteiger partial charge in [-0.1, -0.05) is 13.8 Å². The highest BCUT2D eigenvalue weighted by Gasteiger charge is 2.68. The van der Waals surface area contributed by atoms with Crippen LogP contribution >= 0.6 is 0 Å². The summed E-state index contributed by atoms with van der Waals surface area (Å²) in [6.07, 6.45) is 10.3. The highest BCUT2D eigenvalue weighted by molar-refractivity contribution is 5.91. The van der Waals surface area contributed by atoms with Crippen LogP contribution in [0.3, 0.4) is 0 Å². The molecule has 0 radical (unpaired) electrons. The van der Waals surface area contributed by atoms with Crippen molar-refractivity contribution in [1.29, 1.82) is 0 Å². The van der Waals surface area contributed by atoms with Crippen LogP contribution in [0.4, 0.5) is 0 Å². The Morgan fingerprint density at radius 2 is 1.81 bits per heavy atom. The summed E-state index contributed by atoms with van der Waals surface area (Å²) in [5.74, 6) is 1.28. The maximum Gasteiger partial charge on any atom is 0.334 e. The lowest BCUT2D eigenvalue weighted by molar-refractivity contribution is -0.255. The molecule has 37 heavy (non-hydrogen) atoms. The fourth-order valence-corrected chi connectivity index (χ4v) is 10.0. The van der Waals surface area contributed by atoms with Crippen LogP contribution in [0.5, 0.6) is 0 Å². The van der Waals surface area contributed by atoms with E-state index < -0.39 is 11.7 Å². The van der Waals surface area contributed by atoms with Crippen molar-refractivity contribution in [2.45, 2.75) is 134 Å². The standard InChI is InChI=1S/C30H47NO6/c1-16-13-20(27(33)35-16)21-9-12-30(34)23-6-5-18-14-19(37-25-15-24(31)26(32)17(2)36-25)7-10-28(18,3)22(23)8-11-29(21,30)4/h13,16-19,21-26,32,34H,5-12,14-15,31H2,1-4H3/t16-,17-,18-,19+,21-,22+,23-,24+,25+,26-,28+,29-,30+/m1/s1. The van der Waals surface area contributed by atoms with E-state index in [0.717, 1.165) is 63.4 Å². The van der Waals surface area contributed by atoms with Crippen LogP contribution in [0.2, 0.25) is 0 Å². The summed E-state index contributed by atoms with van der Waals surface area (Å²) in [5, 5.41) is 22.6. The molecule has 0 aromatic heterocycles. The van der Waals surface area contributed by atoms with E-state index in [-0.39, 0.29) is 59.3 Å². The molecule has 4 N–H and O–H groups in total. The Hall–Kier alpha value is -0.990. The average Bonchev–Trinajstić information content (AvgIpc) is 3.31. The number of carbonyl (C=O) groups excluding carboxylic acids is 1. The van der Waals surface area contributed by atoms with Gasteiger partial charge in [0.2, 0.25) is 0 Å². The van der Waals surface area contributed by atoms with Gasteiger partial charge in [-0.15, -0.1) is 0 Å². The third-order valence-corrected chi connectivity index (χ3v) is 12.2. The maximum atomic E-state index is 12.6. The number of cyclic esters (lactones) is 1. The maximum absolute atomic E-state index is 12.6. The molecule has 2 heterocycles. The van der Waals surface area contributed by atoms with Crippen molar-refractivity contribution >= 4 is 5.97 Å². The SMILES string of the molecule is C[C@@H]1C=C([C@H]2CC[C@]3(O)[C@@H]4CC[C@@H]5C[C@@H](O[C@H]6C[C@H](N)[C@H](O)[C@@H](C)O6)CC[C@]5(C)[C@H]4CC[C@]23C)C(=O)O1. The Morgan fingerprint density at radius 1 is 1.03 bits per heavy atom. The molecule has 0 unspecified atom stereocenters. The van der Waals surface area contributed by atoms with E-state index in [1.807, 2.05) is 19.9 Å². The molecule has 4 saturated carbocycles. The third-order valence-electron chi connectivity index (χ3n) is 12.2. The van der Waals surface area contributed by atoms with Crippen molar-refractivity contribution in [2.24, 2.45) is 40.2 Å². The number of hydrogen-bond acceptors (Lipinski definition) is 7. The summed E-state index contributed by atoms with van der Waals surface area (Å²) >= 11 is 0. The van der Waals surface area contributed by atoms with Gasteiger partial charge in [-0.05, 0) is 107 Å². The Morgan fingerprint density at radius 3 is 2.51 bits per heavy atom. The number of fused-ring (bicyclic) bond motifs is 5. The molecule has 13 atom stereocenters. The molecular formula is C30H47NO6. The van der Waals surface area contributed by atoms with Crippen LogP contribution in [0, 0.1) is 34.5 Å². The average molecular weight is 518 g/mol. The van der Waals surface area contributed by atoms with Gasteiger partial charge < -0.3 is 30.2 Å². The van der Waals surface area contributed by atoms with Gasteiger partial charge in [0.25, 0.3) is 0 Å². The van der Waals surface area contributed by atoms with Crippen LogP contribution in [-0.2, 0) is 19.0 Å². The van der Waals surface area contributed by atoms with E-state index in [9.17, 15) is 15.0 Å². The first-order valence-electron chi connectivity index (χ1n) is 14.9. The molecule has 0 aromatic rings. The lowest BCUT2D eigenvalue weighted by Crippen LogP contribution is -2.62. The van der Waals surface area contributed by atoms with Gasteiger partial charge in [-0.3, -0.25) is 0 Å². The molecule has 6 rings (SSSR count). The van der Waals surface area contributed by atoms with Crippen molar-refractivity contribution in [3.8, 4) is 0 Å². The van der Waals surface area contributed by atoms with Crippen LogP contribution in [-0.4, -0.2) is 58.5 Å². The van der Waals surface area contributed by atoms with Gasteiger partial charge in [0.15, 0.2) is 6.29 Å². The summed E-state index contributed by atoms with van der Waals surface area (Å²) in [4.78, 5) is 12.6. The number of aliphatic hydroxyl groups is 2. The summed E-state index contributed by atoms with van der Waals surface area (Å²) in [7, 11) is 0. The van der Waals surface area contributed by atoms with E-state index in [2.05, 4.69) is 13.8 Å². The zero-order valence-electron chi connectivity index (χ0n) is 23.0. The van der Waals surface area contributed by atoms with Crippen LogP contribution in [0.25, 0.3) is 0 Å². The number of hydrogen-bond donors (Lipinski definition) is 3. The van der Waals surface area contributed by atoms with Gasteiger partial charge in [0.1, 0.15) is 6.10 Å². The van der Waals surface area contributed by atoms with Crippen molar-refractivity contribution in [2.75, 3.05) is 0 Å². The first-order valence-corrected chi connectivity index (χ1v) is 14.9. The number of aliphatic hydroxyl groups excluding tert-OH is 1. The van der Waals surface area contributed by atoms with E-state index >= 15 is 0 Å². The second-order valence-electron chi connectivity index (χ2n) is 13.9. The molecule has 0 aromatic carbocycles. The minimum atomic E-state index is -0.724. The zero-order chi connectivity index (χ0) is 26.3. The summed E-state index contributed by atoms with van der Waals surface area (Å²) in [6, 6.07) is -0.310. The summed E-state index contributed by atoms with van der Waals surface area (Å²) in [5.41, 5.74) is 6.15. The fraction of sp³-hybridized carbons (Fsp3) is 0.900. The van der Waals surface area contributed by atoms with E-state index in [1.54, 1.807) is 0 Å². The van der Waals surface area contributed by atoms with E-state index in [4.69, 9.17) is 19.9 Å². The highest BCUT2D eigenvalue weighted by atomic mass is 16.7. The van der Waals surface area contributed by atoms with Crippen molar-refractivity contribution in [1.82, 2.24) is 0 Å². The Bertz CT molecular complexity index is 942. The topological polar surface area (TPSA) is 111 Å². The predicted octanol–water partition coefficient (Wildman–Crippen LogP) is 3.84. The monoisotopic (exact) mass is 517 g/mol. The minimum Gasteiger partial charge on any atom is -0.455 e. The largest absolute Gasteiger partial charge is 0.455 e.